The first-order chi connectivity index (χ1) is 8.33. The molecule has 1 atom stereocenters. The summed E-state index contributed by atoms with van der Waals surface area (Å²) in [4.78, 5) is 13.9. The molecule has 1 unspecified atom stereocenters. The molecular weight excluding hydrogens is 214 g/mol. The van der Waals surface area contributed by atoms with Crippen LogP contribution < -0.4 is 10.6 Å². The molecule has 0 aromatic heterocycles. The number of hydrogen-bond donors (Lipinski definition) is 2. The molecule has 2 N–H and O–H groups in total. The molecule has 1 heterocycles. The van der Waals surface area contributed by atoms with E-state index in [1.165, 1.54) is 5.56 Å². The van der Waals surface area contributed by atoms with Gasteiger partial charge in [-0.05, 0) is 12.5 Å². The Morgan fingerprint density at radius 2 is 2.24 bits per heavy atom. The van der Waals surface area contributed by atoms with Crippen molar-refractivity contribution in [3.05, 3.63) is 35.9 Å². The molecule has 0 spiro atoms. The minimum Gasteiger partial charge on any atom is -0.338 e. The fourth-order valence-corrected chi connectivity index (χ4v) is 2.17. The number of nitrogens with one attached hydrogen (secondary N) is 2. The van der Waals surface area contributed by atoms with Gasteiger partial charge in [-0.25, -0.2) is 4.79 Å². The summed E-state index contributed by atoms with van der Waals surface area (Å²) in [5.74, 6) is 0. The average molecular weight is 233 g/mol. The molecular formula is C13H19N3O. The van der Waals surface area contributed by atoms with Gasteiger partial charge >= 0.3 is 6.03 Å². The summed E-state index contributed by atoms with van der Waals surface area (Å²) < 4.78 is 0. The molecule has 4 heteroatoms. The molecule has 0 bridgehead atoms. The largest absolute Gasteiger partial charge is 0.338 e. The zero-order valence-corrected chi connectivity index (χ0v) is 10.1. The van der Waals surface area contributed by atoms with Gasteiger partial charge in [-0.2, -0.15) is 0 Å². The van der Waals surface area contributed by atoms with Crippen LogP contribution >= 0.6 is 0 Å². The van der Waals surface area contributed by atoms with E-state index < -0.39 is 0 Å². The minimum absolute atomic E-state index is 0.0304. The quantitative estimate of drug-likeness (QED) is 0.810. The van der Waals surface area contributed by atoms with Crippen molar-refractivity contribution in [3.63, 3.8) is 0 Å². The fourth-order valence-electron chi connectivity index (χ4n) is 2.17. The highest BCUT2D eigenvalue weighted by atomic mass is 16.2. The predicted molar refractivity (Wildman–Crippen MR) is 67.8 cm³/mol. The average Bonchev–Trinajstić information content (AvgIpc) is 2.40. The van der Waals surface area contributed by atoms with Crippen molar-refractivity contribution in [1.82, 2.24) is 15.5 Å². The van der Waals surface area contributed by atoms with E-state index in [9.17, 15) is 4.79 Å². The normalized spacial score (nSPS) is 20.1. The Labute approximate surface area is 102 Å². The number of nitrogens with zero attached hydrogens (tertiary/aromatic N) is 1. The van der Waals surface area contributed by atoms with E-state index in [2.05, 4.69) is 22.8 Å². The second kappa shape index (κ2) is 5.68. The second-order valence-electron chi connectivity index (χ2n) is 4.16. The lowest BCUT2D eigenvalue weighted by molar-refractivity contribution is 0.159. The van der Waals surface area contributed by atoms with Crippen molar-refractivity contribution >= 4 is 6.03 Å². The second-order valence-corrected chi connectivity index (χ2v) is 4.16. The third kappa shape index (κ3) is 2.77. The molecule has 4 nitrogen and oxygen atoms in total. The number of hydrogen-bond acceptors (Lipinski definition) is 2. The zero-order valence-electron chi connectivity index (χ0n) is 10.1. The van der Waals surface area contributed by atoms with E-state index in [0.29, 0.717) is 6.54 Å². The van der Waals surface area contributed by atoms with Crippen LogP contribution in [0, 0.1) is 0 Å². The molecule has 1 aliphatic heterocycles. The predicted octanol–water partition coefficient (Wildman–Crippen LogP) is 1.36. The van der Waals surface area contributed by atoms with Crippen molar-refractivity contribution in [1.29, 1.82) is 0 Å². The topological polar surface area (TPSA) is 44.4 Å². The van der Waals surface area contributed by atoms with Crippen LogP contribution in [0.15, 0.2) is 30.3 Å². The van der Waals surface area contributed by atoms with Crippen molar-refractivity contribution in [3.8, 4) is 0 Å². The number of urea groups is 1. The van der Waals surface area contributed by atoms with Gasteiger partial charge in [0.15, 0.2) is 0 Å². The van der Waals surface area contributed by atoms with Gasteiger partial charge in [-0.15, -0.1) is 0 Å². The van der Waals surface area contributed by atoms with Gasteiger partial charge in [0, 0.05) is 26.2 Å². The van der Waals surface area contributed by atoms with Crippen molar-refractivity contribution in [2.75, 3.05) is 26.2 Å². The number of rotatable bonds is 2. The molecule has 92 valence electrons. The summed E-state index contributed by atoms with van der Waals surface area (Å²) in [6.07, 6.45) is 0. The van der Waals surface area contributed by atoms with Gasteiger partial charge in [0.2, 0.25) is 0 Å². The first kappa shape index (κ1) is 11.9. The van der Waals surface area contributed by atoms with Gasteiger partial charge in [-0.3, -0.25) is 0 Å². The maximum Gasteiger partial charge on any atom is 0.317 e. The number of benzene rings is 1. The van der Waals surface area contributed by atoms with Gasteiger partial charge < -0.3 is 15.5 Å². The van der Waals surface area contributed by atoms with Crippen LogP contribution in [0.1, 0.15) is 18.5 Å². The Morgan fingerprint density at radius 3 is 2.94 bits per heavy atom. The van der Waals surface area contributed by atoms with Crippen LogP contribution in [0.4, 0.5) is 4.79 Å². The molecule has 0 radical (unpaired) electrons. The number of carbonyl (C=O) groups is 1. The number of piperazine rings is 1. The van der Waals surface area contributed by atoms with Crippen LogP contribution in [-0.2, 0) is 0 Å². The lowest BCUT2D eigenvalue weighted by Gasteiger charge is -2.36. The highest BCUT2D eigenvalue weighted by molar-refractivity contribution is 5.74. The van der Waals surface area contributed by atoms with Crippen LogP contribution in [-0.4, -0.2) is 37.1 Å². The zero-order chi connectivity index (χ0) is 12.1. The lowest BCUT2D eigenvalue weighted by Crippen LogP contribution is -2.52. The molecule has 1 aromatic carbocycles. The van der Waals surface area contributed by atoms with E-state index >= 15 is 0 Å². The first-order valence-electron chi connectivity index (χ1n) is 6.13. The van der Waals surface area contributed by atoms with Crippen LogP contribution in [0.2, 0.25) is 0 Å². The smallest absolute Gasteiger partial charge is 0.317 e. The van der Waals surface area contributed by atoms with Gasteiger partial charge in [-0.1, -0.05) is 30.3 Å². The summed E-state index contributed by atoms with van der Waals surface area (Å²) in [7, 11) is 0. The monoisotopic (exact) mass is 233 g/mol. The standard InChI is InChI=1S/C13H19N3O/c1-2-15-13(17)16-9-8-14-10-12(16)11-6-4-3-5-7-11/h3-7,12,14H,2,8-10H2,1H3,(H,15,17). The molecule has 1 fully saturated rings. The molecule has 0 saturated carbocycles. The summed E-state index contributed by atoms with van der Waals surface area (Å²) in [5.41, 5.74) is 1.19. The summed E-state index contributed by atoms with van der Waals surface area (Å²) >= 11 is 0. The Hall–Kier alpha value is -1.55. The molecule has 1 aliphatic rings. The minimum atomic E-state index is 0.0304. The first-order valence-corrected chi connectivity index (χ1v) is 6.13. The van der Waals surface area contributed by atoms with Crippen LogP contribution in [0.25, 0.3) is 0 Å². The molecule has 17 heavy (non-hydrogen) atoms. The SMILES string of the molecule is CCNC(=O)N1CCNCC1c1ccccc1. The third-order valence-electron chi connectivity index (χ3n) is 3.02. The summed E-state index contributed by atoms with van der Waals surface area (Å²) in [6.45, 7) is 5.05. The maximum atomic E-state index is 12.0. The van der Waals surface area contributed by atoms with Crippen LogP contribution in [0.3, 0.4) is 0 Å². The molecule has 0 aliphatic carbocycles. The molecule has 1 saturated heterocycles. The Balaban J connectivity index is 2.15. The van der Waals surface area contributed by atoms with Gasteiger partial charge in [0.1, 0.15) is 0 Å². The Bertz CT molecular complexity index is 366. The third-order valence-corrected chi connectivity index (χ3v) is 3.02. The Morgan fingerprint density at radius 1 is 1.47 bits per heavy atom. The summed E-state index contributed by atoms with van der Waals surface area (Å²) in [5, 5.41) is 6.21. The molecule has 2 rings (SSSR count). The van der Waals surface area contributed by atoms with E-state index in [-0.39, 0.29) is 12.1 Å². The fraction of sp³-hybridized carbons (Fsp3) is 0.462. The highest BCUT2D eigenvalue weighted by Crippen LogP contribution is 2.21. The van der Waals surface area contributed by atoms with Crippen molar-refractivity contribution in [2.24, 2.45) is 0 Å². The number of carbonyl (C=O) groups excluding carboxylic acids is 1. The van der Waals surface area contributed by atoms with E-state index in [1.807, 2.05) is 30.0 Å². The summed E-state index contributed by atoms with van der Waals surface area (Å²) in [6, 6.07) is 10.3. The lowest BCUT2D eigenvalue weighted by atomic mass is 10.0. The highest BCUT2D eigenvalue weighted by Gasteiger charge is 2.27. The van der Waals surface area contributed by atoms with E-state index in [0.717, 1.165) is 19.6 Å². The van der Waals surface area contributed by atoms with Crippen molar-refractivity contribution < 1.29 is 4.79 Å². The maximum absolute atomic E-state index is 12.0. The molecule has 1 aromatic rings. The van der Waals surface area contributed by atoms with E-state index in [1.54, 1.807) is 0 Å². The van der Waals surface area contributed by atoms with Crippen LogP contribution in [0.5, 0.6) is 0 Å². The van der Waals surface area contributed by atoms with E-state index in [4.69, 9.17) is 0 Å². The molecule has 2 amide bonds. The number of amides is 2. The van der Waals surface area contributed by atoms with Gasteiger partial charge in [0.05, 0.1) is 6.04 Å². The Kier molecular flexibility index (Phi) is 3.98. The van der Waals surface area contributed by atoms with Gasteiger partial charge in [0.25, 0.3) is 0 Å². The van der Waals surface area contributed by atoms with Crippen molar-refractivity contribution in [2.45, 2.75) is 13.0 Å².